The number of benzene rings is 2. The Morgan fingerprint density at radius 1 is 1.24 bits per heavy atom. The second-order valence-electron chi connectivity index (χ2n) is 6.19. The van der Waals surface area contributed by atoms with Crippen LogP contribution in [0.1, 0.15) is 18.9 Å². The number of nitrogens with zero attached hydrogens (tertiary/aromatic N) is 1. The zero-order chi connectivity index (χ0) is 17.8. The highest BCUT2D eigenvalue weighted by Gasteiger charge is 2.35. The summed E-state index contributed by atoms with van der Waals surface area (Å²) in [7, 11) is 0. The van der Waals surface area contributed by atoms with Crippen LogP contribution in [0.25, 0.3) is 0 Å². The minimum absolute atomic E-state index is 0.0337. The van der Waals surface area contributed by atoms with Crippen molar-refractivity contribution in [3.05, 3.63) is 54.1 Å². The maximum atomic E-state index is 12.5. The van der Waals surface area contributed by atoms with Gasteiger partial charge in [0.05, 0.1) is 12.5 Å². The number of hydrogen-bond acceptors (Lipinski definition) is 3. The summed E-state index contributed by atoms with van der Waals surface area (Å²) in [5.41, 5.74) is 2.63. The molecule has 5 heteroatoms. The highest BCUT2D eigenvalue weighted by Crippen LogP contribution is 2.27. The average molecular weight is 338 g/mol. The van der Waals surface area contributed by atoms with E-state index in [0.717, 1.165) is 22.7 Å². The molecule has 1 saturated heterocycles. The zero-order valence-electron chi connectivity index (χ0n) is 14.5. The third kappa shape index (κ3) is 3.99. The summed E-state index contributed by atoms with van der Waals surface area (Å²) in [5.74, 6) is 0.271. The van der Waals surface area contributed by atoms with Crippen molar-refractivity contribution in [2.45, 2.75) is 20.3 Å². The molecule has 1 fully saturated rings. The summed E-state index contributed by atoms with van der Waals surface area (Å²) < 4.78 is 5.42. The van der Waals surface area contributed by atoms with Gasteiger partial charge in [-0.25, -0.2) is 0 Å². The van der Waals surface area contributed by atoms with E-state index in [2.05, 4.69) is 5.32 Å². The van der Waals surface area contributed by atoms with Gasteiger partial charge in [0.1, 0.15) is 5.75 Å². The van der Waals surface area contributed by atoms with Gasteiger partial charge < -0.3 is 15.0 Å². The molecule has 2 aromatic rings. The van der Waals surface area contributed by atoms with Crippen molar-refractivity contribution < 1.29 is 14.3 Å². The number of carbonyl (C=O) groups is 2. The van der Waals surface area contributed by atoms with E-state index in [9.17, 15) is 9.59 Å². The van der Waals surface area contributed by atoms with Gasteiger partial charge >= 0.3 is 0 Å². The van der Waals surface area contributed by atoms with E-state index >= 15 is 0 Å². The molecule has 0 bridgehead atoms. The Morgan fingerprint density at radius 3 is 2.68 bits per heavy atom. The smallest absolute Gasteiger partial charge is 0.229 e. The molecule has 0 spiro atoms. The van der Waals surface area contributed by atoms with E-state index in [0.29, 0.717) is 13.2 Å². The van der Waals surface area contributed by atoms with Gasteiger partial charge in [-0.2, -0.15) is 0 Å². The molecular weight excluding hydrogens is 316 g/mol. The number of anilines is 2. The molecule has 5 nitrogen and oxygen atoms in total. The van der Waals surface area contributed by atoms with Gasteiger partial charge in [-0.1, -0.05) is 12.1 Å². The molecule has 2 amide bonds. The van der Waals surface area contributed by atoms with Crippen LogP contribution in [0.4, 0.5) is 11.4 Å². The summed E-state index contributed by atoms with van der Waals surface area (Å²) in [6.45, 7) is 4.89. The average Bonchev–Trinajstić information content (AvgIpc) is 2.98. The van der Waals surface area contributed by atoms with Crippen LogP contribution >= 0.6 is 0 Å². The first-order valence-electron chi connectivity index (χ1n) is 8.47. The molecule has 1 aliphatic rings. The normalized spacial score (nSPS) is 16.8. The van der Waals surface area contributed by atoms with E-state index in [-0.39, 0.29) is 24.2 Å². The Labute approximate surface area is 147 Å². The summed E-state index contributed by atoms with van der Waals surface area (Å²) in [4.78, 5) is 26.5. The fourth-order valence-corrected chi connectivity index (χ4v) is 2.99. The molecule has 1 aliphatic heterocycles. The van der Waals surface area contributed by atoms with Crippen LogP contribution < -0.4 is 15.0 Å². The highest BCUT2D eigenvalue weighted by molar-refractivity contribution is 6.03. The van der Waals surface area contributed by atoms with Gasteiger partial charge in [0.15, 0.2) is 0 Å². The lowest BCUT2D eigenvalue weighted by Gasteiger charge is -2.17. The number of aryl methyl sites for hydroxylation is 1. The molecule has 0 aliphatic carbocycles. The second kappa shape index (κ2) is 7.38. The fourth-order valence-electron chi connectivity index (χ4n) is 2.99. The molecule has 3 rings (SSSR count). The van der Waals surface area contributed by atoms with E-state index in [1.165, 1.54) is 0 Å². The standard InChI is InChI=1S/C20H22N2O3/c1-3-25-18-9-7-17(8-10-18)22-13-15(12-19(22)23)20(24)21-16-6-4-5-14(2)11-16/h4-11,15H,3,12-13H2,1-2H3,(H,21,24)/t15-/m1/s1. The SMILES string of the molecule is CCOc1ccc(N2C[C@H](C(=O)Nc3cccc(C)c3)CC2=O)cc1. The quantitative estimate of drug-likeness (QED) is 0.909. The van der Waals surface area contributed by atoms with Crippen LogP contribution in [-0.2, 0) is 9.59 Å². The molecule has 1 N–H and O–H groups in total. The Hall–Kier alpha value is -2.82. The molecule has 1 atom stereocenters. The number of rotatable bonds is 5. The Morgan fingerprint density at radius 2 is 2.00 bits per heavy atom. The molecule has 0 radical (unpaired) electrons. The third-order valence-corrected chi connectivity index (χ3v) is 4.24. The van der Waals surface area contributed by atoms with Gasteiger partial charge in [-0.05, 0) is 55.8 Å². The fraction of sp³-hybridized carbons (Fsp3) is 0.300. The molecule has 25 heavy (non-hydrogen) atoms. The van der Waals surface area contributed by atoms with Crippen LogP contribution in [0.2, 0.25) is 0 Å². The van der Waals surface area contributed by atoms with Crippen LogP contribution in [0.15, 0.2) is 48.5 Å². The first-order chi connectivity index (χ1) is 12.1. The summed E-state index contributed by atoms with van der Waals surface area (Å²) in [6.07, 6.45) is 0.227. The number of nitrogens with one attached hydrogen (secondary N) is 1. The molecule has 2 aromatic carbocycles. The predicted octanol–water partition coefficient (Wildman–Crippen LogP) is 3.39. The lowest BCUT2D eigenvalue weighted by atomic mass is 10.1. The summed E-state index contributed by atoms with van der Waals surface area (Å²) >= 11 is 0. The minimum atomic E-state index is -0.348. The van der Waals surface area contributed by atoms with E-state index in [1.54, 1.807) is 4.90 Å². The van der Waals surface area contributed by atoms with Crippen molar-refractivity contribution in [2.75, 3.05) is 23.4 Å². The van der Waals surface area contributed by atoms with Crippen molar-refractivity contribution in [2.24, 2.45) is 5.92 Å². The lowest BCUT2D eigenvalue weighted by Crippen LogP contribution is -2.28. The third-order valence-electron chi connectivity index (χ3n) is 4.24. The first kappa shape index (κ1) is 17.0. The van der Waals surface area contributed by atoms with Crippen molar-refractivity contribution in [3.8, 4) is 5.75 Å². The molecular formula is C20H22N2O3. The Balaban J connectivity index is 1.66. The largest absolute Gasteiger partial charge is 0.494 e. The number of amides is 2. The summed E-state index contributed by atoms with van der Waals surface area (Å²) in [6, 6.07) is 15.0. The van der Waals surface area contributed by atoms with E-state index < -0.39 is 0 Å². The Bertz CT molecular complexity index is 771. The predicted molar refractivity (Wildman–Crippen MR) is 97.9 cm³/mol. The number of ether oxygens (including phenoxy) is 1. The van der Waals surface area contributed by atoms with Crippen molar-refractivity contribution in [1.82, 2.24) is 0 Å². The monoisotopic (exact) mass is 338 g/mol. The molecule has 130 valence electrons. The summed E-state index contributed by atoms with van der Waals surface area (Å²) in [5, 5.41) is 2.91. The first-order valence-corrected chi connectivity index (χ1v) is 8.47. The van der Waals surface area contributed by atoms with Crippen LogP contribution in [-0.4, -0.2) is 25.0 Å². The van der Waals surface area contributed by atoms with E-state index in [4.69, 9.17) is 4.74 Å². The van der Waals surface area contributed by atoms with Crippen LogP contribution in [0.5, 0.6) is 5.75 Å². The molecule has 0 unspecified atom stereocenters. The van der Waals surface area contributed by atoms with Crippen molar-refractivity contribution in [1.29, 1.82) is 0 Å². The van der Waals surface area contributed by atoms with E-state index in [1.807, 2.05) is 62.4 Å². The van der Waals surface area contributed by atoms with Crippen molar-refractivity contribution in [3.63, 3.8) is 0 Å². The van der Waals surface area contributed by atoms with Gasteiger partial charge in [-0.3, -0.25) is 9.59 Å². The van der Waals surface area contributed by atoms with Gasteiger partial charge in [0, 0.05) is 24.3 Å². The van der Waals surface area contributed by atoms with Gasteiger partial charge in [0.2, 0.25) is 11.8 Å². The number of hydrogen-bond donors (Lipinski definition) is 1. The van der Waals surface area contributed by atoms with Gasteiger partial charge in [0.25, 0.3) is 0 Å². The lowest BCUT2D eigenvalue weighted by molar-refractivity contribution is -0.122. The zero-order valence-corrected chi connectivity index (χ0v) is 14.5. The second-order valence-corrected chi connectivity index (χ2v) is 6.19. The van der Waals surface area contributed by atoms with Crippen molar-refractivity contribution >= 4 is 23.2 Å². The highest BCUT2D eigenvalue weighted by atomic mass is 16.5. The van der Waals surface area contributed by atoms with Crippen LogP contribution in [0, 0.1) is 12.8 Å². The maximum Gasteiger partial charge on any atom is 0.229 e. The van der Waals surface area contributed by atoms with Gasteiger partial charge in [-0.15, -0.1) is 0 Å². The van der Waals surface area contributed by atoms with Crippen LogP contribution in [0.3, 0.4) is 0 Å². The molecule has 1 heterocycles. The molecule has 0 aromatic heterocycles. The Kier molecular flexibility index (Phi) is 5.03. The molecule has 0 saturated carbocycles. The topological polar surface area (TPSA) is 58.6 Å². The minimum Gasteiger partial charge on any atom is -0.494 e. The number of carbonyl (C=O) groups excluding carboxylic acids is 2. The maximum absolute atomic E-state index is 12.5.